The van der Waals surface area contributed by atoms with E-state index >= 15 is 0 Å². The van der Waals surface area contributed by atoms with Gasteiger partial charge in [-0.25, -0.2) is 0 Å². The lowest BCUT2D eigenvalue weighted by atomic mass is 9.86. The summed E-state index contributed by atoms with van der Waals surface area (Å²) in [5.41, 5.74) is 2.29. The molecule has 0 saturated carbocycles. The van der Waals surface area contributed by atoms with Gasteiger partial charge in [0.05, 0.1) is 12.1 Å². The van der Waals surface area contributed by atoms with E-state index in [0.717, 1.165) is 21.8 Å². The van der Waals surface area contributed by atoms with Crippen LogP contribution < -0.4 is 0 Å². The first-order valence-corrected chi connectivity index (χ1v) is 8.81. The van der Waals surface area contributed by atoms with Gasteiger partial charge in [0.15, 0.2) is 0 Å². The van der Waals surface area contributed by atoms with Crippen molar-refractivity contribution in [2.75, 3.05) is 7.05 Å². The lowest BCUT2D eigenvalue weighted by Gasteiger charge is -2.30. The Labute approximate surface area is 153 Å². The van der Waals surface area contributed by atoms with Crippen LogP contribution in [0.4, 0.5) is 0 Å². The second kappa shape index (κ2) is 6.73. The molecule has 0 bridgehead atoms. The van der Waals surface area contributed by atoms with E-state index in [2.05, 4.69) is 47.3 Å². The van der Waals surface area contributed by atoms with Gasteiger partial charge in [0.25, 0.3) is 0 Å². The SMILES string of the molecule is CN1C(c2ccccc2)=N[C@@H](C2C=CC=CC2=S)[C@H]1c1cccnc1. The third kappa shape index (κ3) is 2.94. The molecule has 1 aromatic heterocycles. The molecular formula is C21H19N3S. The summed E-state index contributed by atoms with van der Waals surface area (Å²) < 4.78 is 0. The fourth-order valence-electron chi connectivity index (χ4n) is 3.60. The van der Waals surface area contributed by atoms with Crippen molar-refractivity contribution in [1.29, 1.82) is 0 Å². The average molecular weight is 345 g/mol. The van der Waals surface area contributed by atoms with Crippen LogP contribution in [0.5, 0.6) is 0 Å². The summed E-state index contributed by atoms with van der Waals surface area (Å²) in [4.78, 5) is 12.6. The molecule has 0 amide bonds. The van der Waals surface area contributed by atoms with Crippen molar-refractivity contribution in [3.63, 3.8) is 0 Å². The van der Waals surface area contributed by atoms with Gasteiger partial charge >= 0.3 is 0 Å². The fraction of sp³-hybridized carbons (Fsp3) is 0.190. The number of aromatic nitrogens is 1. The molecular weight excluding hydrogens is 326 g/mol. The smallest absolute Gasteiger partial charge is 0.131 e. The summed E-state index contributed by atoms with van der Waals surface area (Å²) in [5.74, 6) is 1.12. The van der Waals surface area contributed by atoms with Crippen molar-refractivity contribution in [1.82, 2.24) is 9.88 Å². The molecule has 3 atom stereocenters. The third-order valence-electron chi connectivity index (χ3n) is 4.79. The van der Waals surface area contributed by atoms with Crippen molar-refractivity contribution in [2.45, 2.75) is 12.1 Å². The summed E-state index contributed by atoms with van der Waals surface area (Å²) in [5, 5.41) is 0. The first kappa shape index (κ1) is 15.9. The number of hydrogen-bond acceptors (Lipinski definition) is 4. The van der Waals surface area contributed by atoms with E-state index < -0.39 is 0 Å². The number of nitrogens with zero attached hydrogens (tertiary/aromatic N) is 3. The molecule has 0 N–H and O–H groups in total. The van der Waals surface area contributed by atoms with Gasteiger partial charge in [-0.1, -0.05) is 66.8 Å². The molecule has 0 radical (unpaired) electrons. The van der Waals surface area contributed by atoms with E-state index in [1.54, 1.807) is 6.20 Å². The van der Waals surface area contributed by atoms with Crippen molar-refractivity contribution in [3.05, 3.63) is 90.3 Å². The number of benzene rings is 1. The number of rotatable bonds is 3. The normalized spacial score (nSPS) is 25.3. The minimum absolute atomic E-state index is 0.0399. The van der Waals surface area contributed by atoms with Gasteiger partial charge in [-0.2, -0.15) is 0 Å². The Bertz CT molecular complexity index is 855. The number of hydrogen-bond donors (Lipinski definition) is 0. The lowest BCUT2D eigenvalue weighted by Crippen LogP contribution is -2.34. The molecule has 2 heterocycles. The van der Waals surface area contributed by atoms with Gasteiger partial charge in [0.2, 0.25) is 0 Å². The van der Waals surface area contributed by atoms with Gasteiger partial charge < -0.3 is 4.90 Å². The number of allylic oxidation sites excluding steroid dienone is 3. The number of likely N-dealkylation sites (N-methyl/N-ethyl adjacent to an activating group) is 1. The molecule has 124 valence electrons. The van der Waals surface area contributed by atoms with Crippen LogP contribution in [0, 0.1) is 5.92 Å². The second-order valence-electron chi connectivity index (χ2n) is 6.32. The van der Waals surface area contributed by atoms with Crippen LogP contribution in [0.15, 0.2) is 84.2 Å². The minimum Gasteiger partial charge on any atom is -0.350 e. The van der Waals surface area contributed by atoms with E-state index in [1.165, 1.54) is 0 Å². The van der Waals surface area contributed by atoms with Crippen molar-refractivity contribution in [3.8, 4) is 0 Å². The quantitative estimate of drug-likeness (QED) is 0.788. The van der Waals surface area contributed by atoms with Crippen LogP contribution in [-0.2, 0) is 0 Å². The molecule has 1 aliphatic heterocycles. The monoisotopic (exact) mass is 345 g/mol. The van der Waals surface area contributed by atoms with Gasteiger partial charge in [-0.15, -0.1) is 0 Å². The zero-order valence-electron chi connectivity index (χ0n) is 14.0. The summed E-state index contributed by atoms with van der Waals surface area (Å²) in [6.45, 7) is 0. The van der Waals surface area contributed by atoms with Crippen LogP contribution in [0.25, 0.3) is 0 Å². The van der Waals surface area contributed by atoms with E-state index in [0.29, 0.717) is 0 Å². The van der Waals surface area contributed by atoms with E-state index in [4.69, 9.17) is 17.2 Å². The molecule has 1 aliphatic carbocycles. The highest BCUT2D eigenvalue weighted by Crippen LogP contribution is 2.38. The van der Waals surface area contributed by atoms with E-state index in [1.807, 2.05) is 42.6 Å². The number of amidine groups is 1. The highest BCUT2D eigenvalue weighted by molar-refractivity contribution is 7.80. The Morgan fingerprint density at radius 3 is 2.60 bits per heavy atom. The molecule has 0 fully saturated rings. The Kier molecular flexibility index (Phi) is 4.28. The molecule has 2 aliphatic rings. The Morgan fingerprint density at radius 2 is 1.88 bits per heavy atom. The summed E-state index contributed by atoms with van der Waals surface area (Å²) in [6.07, 6.45) is 12.0. The highest BCUT2D eigenvalue weighted by Gasteiger charge is 2.40. The fourth-order valence-corrected chi connectivity index (χ4v) is 3.90. The Hall–Kier alpha value is -2.59. The molecule has 2 aromatic rings. The van der Waals surface area contributed by atoms with Gasteiger partial charge in [0.1, 0.15) is 5.84 Å². The maximum atomic E-state index is 5.62. The average Bonchev–Trinajstić information content (AvgIpc) is 3.00. The minimum atomic E-state index is 0.0399. The van der Waals surface area contributed by atoms with Crippen LogP contribution in [-0.4, -0.2) is 33.7 Å². The molecule has 0 saturated heterocycles. The summed E-state index contributed by atoms with van der Waals surface area (Å²) in [7, 11) is 2.11. The molecule has 0 spiro atoms. The Balaban J connectivity index is 1.78. The number of aliphatic imine (C=N–C) groups is 1. The molecule has 1 aromatic carbocycles. The first-order chi connectivity index (χ1) is 12.3. The maximum Gasteiger partial charge on any atom is 0.131 e. The predicted molar refractivity (Wildman–Crippen MR) is 106 cm³/mol. The zero-order chi connectivity index (χ0) is 17.2. The van der Waals surface area contributed by atoms with Crippen LogP contribution in [0.1, 0.15) is 17.2 Å². The predicted octanol–water partition coefficient (Wildman–Crippen LogP) is 4.00. The van der Waals surface area contributed by atoms with E-state index in [9.17, 15) is 0 Å². The van der Waals surface area contributed by atoms with Crippen molar-refractivity contribution < 1.29 is 0 Å². The van der Waals surface area contributed by atoms with Gasteiger partial charge in [-0.05, 0) is 17.7 Å². The zero-order valence-corrected chi connectivity index (χ0v) is 14.8. The first-order valence-electron chi connectivity index (χ1n) is 8.40. The van der Waals surface area contributed by atoms with Gasteiger partial charge in [-0.3, -0.25) is 9.98 Å². The number of pyridine rings is 1. The summed E-state index contributed by atoms with van der Waals surface area (Å²) >= 11 is 5.62. The number of thiocarbonyl (C=S) groups is 1. The topological polar surface area (TPSA) is 28.5 Å². The lowest BCUT2D eigenvalue weighted by molar-refractivity contribution is 0.343. The highest BCUT2D eigenvalue weighted by atomic mass is 32.1. The largest absolute Gasteiger partial charge is 0.350 e. The molecule has 1 unspecified atom stereocenters. The third-order valence-corrected chi connectivity index (χ3v) is 5.20. The van der Waals surface area contributed by atoms with Crippen LogP contribution in [0.2, 0.25) is 0 Å². The second-order valence-corrected chi connectivity index (χ2v) is 6.79. The molecule has 25 heavy (non-hydrogen) atoms. The van der Waals surface area contributed by atoms with Crippen molar-refractivity contribution >= 4 is 22.9 Å². The van der Waals surface area contributed by atoms with Crippen LogP contribution >= 0.6 is 12.2 Å². The Morgan fingerprint density at radius 1 is 1.04 bits per heavy atom. The van der Waals surface area contributed by atoms with Crippen molar-refractivity contribution in [2.24, 2.45) is 10.9 Å². The van der Waals surface area contributed by atoms with Gasteiger partial charge in [0, 0.05) is 35.8 Å². The van der Waals surface area contributed by atoms with Crippen LogP contribution in [0.3, 0.4) is 0 Å². The molecule has 3 nitrogen and oxygen atoms in total. The molecule has 4 heteroatoms. The molecule has 4 rings (SSSR count). The maximum absolute atomic E-state index is 5.62. The summed E-state index contributed by atoms with van der Waals surface area (Å²) in [6, 6.07) is 14.6. The standard InChI is InChI=1S/C21H19N3S/c1-24-20(16-10-7-13-22-14-16)19(17-11-5-6-12-18(17)25)23-21(24)15-8-3-2-4-9-15/h2-14,17,19-20H,1H3/t17?,19-,20+/m0/s1. The van der Waals surface area contributed by atoms with E-state index in [-0.39, 0.29) is 18.0 Å².